The van der Waals surface area contributed by atoms with Crippen molar-refractivity contribution in [2.45, 2.75) is 58.9 Å². The minimum atomic E-state index is 0.0298. The van der Waals surface area contributed by atoms with Gasteiger partial charge in [-0.3, -0.25) is 9.78 Å². The van der Waals surface area contributed by atoms with Crippen LogP contribution in [0.3, 0.4) is 0 Å². The highest BCUT2D eigenvalue weighted by Crippen LogP contribution is 2.35. The van der Waals surface area contributed by atoms with E-state index in [1.165, 1.54) is 12.8 Å². The number of carbonyl (C=O) groups excluding carboxylic acids is 1. The summed E-state index contributed by atoms with van der Waals surface area (Å²) >= 11 is 0. The third-order valence-electron chi connectivity index (χ3n) is 5.30. The van der Waals surface area contributed by atoms with E-state index in [0.29, 0.717) is 25.6 Å². The van der Waals surface area contributed by atoms with Gasteiger partial charge in [-0.2, -0.15) is 0 Å². The number of ether oxygens (including phenoxy) is 1. The highest BCUT2D eigenvalue weighted by Gasteiger charge is 2.33. The van der Waals surface area contributed by atoms with Crippen LogP contribution in [0.5, 0.6) is 0 Å². The first-order valence-corrected chi connectivity index (χ1v) is 9.46. The Morgan fingerprint density at radius 1 is 1.27 bits per heavy atom. The van der Waals surface area contributed by atoms with E-state index < -0.39 is 0 Å². The number of aromatic nitrogens is 3. The number of imidazole rings is 1. The molecule has 6 nitrogen and oxygen atoms in total. The van der Waals surface area contributed by atoms with Gasteiger partial charge in [0, 0.05) is 25.2 Å². The van der Waals surface area contributed by atoms with E-state index in [1.54, 1.807) is 0 Å². The number of rotatable bonds is 6. The van der Waals surface area contributed by atoms with Gasteiger partial charge in [0.25, 0.3) is 0 Å². The smallest absolute Gasteiger partial charge is 0.223 e. The molecule has 2 aromatic rings. The number of nitrogens with zero attached hydrogens (tertiary/aromatic N) is 4. The lowest BCUT2D eigenvalue weighted by Crippen LogP contribution is -2.41. The van der Waals surface area contributed by atoms with Crippen molar-refractivity contribution >= 4 is 5.91 Å². The van der Waals surface area contributed by atoms with Gasteiger partial charge in [0.05, 0.1) is 36.8 Å². The van der Waals surface area contributed by atoms with Gasteiger partial charge in [-0.1, -0.05) is 6.07 Å². The van der Waals surface area contributed by atoms with Crippen molar-refractivity contribution in [2.75, 3.05) is 6.54 Å². The summed E-state index contributed by atoms with van der Waals surface area (Å²) in [7, 11) is 0. The number of hydrogen-bond acceptors (Lipinski definition) is 4. The third kappa shape index (κ3) is 3.65. The lowest BCUT2D eigenvalue weighted by molar-refractivity contribution is -0.134. The molecule has 26 heavy (non-hydrogen) atoms. The number of carbonyl (C=O) groups is 1. The van der Waals surface area contributed by atoms with Crippen LogP contribution in [0.4, 0.5) is 0 Å². The normalized spacial score (nSPS) is 19.5. The number of aryl methyl sites for hydroxylation is 1. The van der Waals surface area contributed by atoms with E-state index in [-0.39, 0.29) is 11.9 Å². The fourth-order valence-corrected chi connectivity index (χ4v) is 3.64. The van der Waals surface area contributed by atoms with Crippen molar-refractivity contribution in [3.05, 3.63) is 47.3 Å². The Hall–Kier alpha value is -2.21. The molecule has 6 heteroatoms. The summed E-state index contributed by atoms with van der Waals surface area (Å²) in [6.45, 7) is 6.59. The molecule has 1 atom stereocenters. The van der Waals surface area contributed by atoms with E-state index >= 15 is 0 Å². The minimum absolute atomic E-state index is 0.0298. The van der Waals surface area contributed by atoms with Gasteiger partial charge in [0.1, 0.15) is 5.82 Å². The molecular weight excluding hydrogens is 328 g/mol. The Labute approximate surface area is 154 Å². The number of fused-ring (bicyclic) bond motifs is 1. The molecule has 2 aromatic heterocycles. The first kappa shape index (κ1) is 17.2. The Kier molecular flexibility index (Phi) is 4.76. The number of amides is 1. The molecule has 1 fully saturated rings. The molecule has 3 heterocycles. The van der Waals surface area contributed by atoms with E-state index in [9.17, 15) is 4.79 Å². The predicted molar refractivity (Wildman–Crippen MR) is 97.2 cm³/mol. The average Bonchev–Trinajstić information content (AvgIpc) is 3.33. The van der Waals surface area contributed by atoms with Crippen LogP contribution in [0.2, 0.25) is 0 Å². The molecule has 2 aliphatic rings. The monoisotopic (exact) mass is 354 g/mol. The van der Waals surface area contributed by atoms with E-state index in [1.807, 2.05) is 36.2 Å². The van der Waals surface area contributed by atoms with Crippen molar-refractivity contribution in [3.8, 4) is 0 Å². The molecule has 1 aliphatic carbocycles. The summed E-state index contributed by atoms with van der Waals surface area (Å²) in [5.74, 6) is 1.86. The van der Waals surface area contributed by atoms with Gasteiger partial charge in [0.15, 0.2) is 0 Å². The van der Waals surface area contributed by atoms with E-state index in [0.717, 1.165) is 36.0 Å². The highest BCUT2D eigenvalue weighted by molar-refractivity contribution is 5.77. The molecule has 0 bridgehead atoms. The number of hydrogen-bond donors (Lipinski definition) is 0. The van der Waals surface area contributed by atoms with Crippen LogP contribution in [0, 0.1) is 12.8 Å². The first-order valence-electron chi connectivity index (χ1n) is 9.46. The summed E-state index contributed by atoms with van der Waals surface area (Å²) in [5.41, 5.74) is 3.00. The van der Waals surface area contributed by atoms with Gasteiger partial charge >= 0.3 is 0 Å². The van der Waals surface area contributed by atoms with Gasteiger partial charge in [-0.25, -0.2) is 4.98 Å². The molecule has 1 aliphatic heterocycles. The van der Waals surface area contributed by atoms with Gasteiger partial charge in [0.2, 0.25) is 5.91 Å². The van der Waals surface area contributed by atoms with Crippen molar-refractivity contribution in [2.24, 2.45) is 5.92 Å². The summed E-state index contributed by atoms with van der Waals surface area (Å²) in [6.07, 6.45) is 4.99. The fraction of sp³-hybridized carbons (Fsp3) is 0.550. The van der Waals surface area contributed by atoms with Crippen molar-refractivity contribution < 1.29 is 9.53 Å². The molecule has 4 rings (SSSR count). The molecular formula is C20H26N4O2. The molecule has 0 spiro atoms. The predicted octanol–water partition coefficient (Wildman–Crippen LogP) is 3.01. The molecule has 1 amide bonds. The second kappa shape index (κ2) is 7.19. The maximum Gasteiger partial charge on any atom is 0.223 e. The Balaban J connectivity index is 1.37. The van der Waals surface area contributed by atoms with Gasteiger partial charge in [-0.05, 0) is 44.7 Å². The maximum atomic E-state index is 12.5. The molecule has 138 valence electrons. The van der Waals surface area contributed by atoms with Gasteiger partial charge in [-0.15, -0.1) is 0 Å². The van der Waals surface area contributed by atoms with Crippen LogP contribution in [0.1, 0.15) is 55.1 Å². The molecule has 0 unspecified atom stereocenters. The minimum Gasteiger partial charge on any atom is -0.369 e. The third-order valence-corrected chi connectivity index (χ3v) is 5.30. The second-order valence-electron chi connectivity index (χ2n) is 7.43. The van der Waals surface area contributed by atoms with E-state index in [2.05, 4.69) is 21.5 Å². The van der Waals surface area contributed by atoms with Crippen molar-refractivity contribution in [1.29, 1.82) is 0 Å². The molecule has 0 saturated heterocycles. The largest absolute Gasteiger partial charge is 0.369 e. The second-order valence-corrected chi connectivity index (χ2v) is 7.43. The zero-order valence-corrected chi connectivity index (χ0v) is 15.5. The van der Waals surface area contributed by atoms with Crippen LogP contribution in [0.25, 0.3) is 0 Å². The van der Waals surface area contributed by atoms with Crippen molar-refractivity contribution in [3.63, 3.8) is 0 Å². The quantitative estimate of drug-likeness (QED) is 0.800. The lowest BCUT2D eigenvalue weighted by Gasteiger charge is -2.34. The fourth-order valence-electron chi connectivity index (χ4n) is 3.64. The van der Waals surface area contributed by atoms with Crippen molar-refractivity contribution in [1.82, 2.24) is 19.4 Å². The Bertz CT molecular complexity index is 797. The molecule has 0 aromatic carbocycles. The topological polar surface area (TPSA) is 60.2 Å². The number of pyridine rings is 1. The average molecular weight is 354 g/mol. The highest BCUT2D eigenvalue weighted by atomic mass is 16.5. The summed E-state index contributed by atoms with van der Waals surface area (Å²) in [5, 5.41) is 0. The molecule has 0 N–H and O–H groups in total. The standard InChI is InChI=1S/C20H26N4O2/c1-14-4-3-5-17(22-14)12-26-13-18-11-21-20-15(2)23(8-9-24(18)20)19(25)10-16-6-7-16/h3-5,11,15-16H,6-10,12-13H2,1-2H3/t15-/m0/s1. The zero-order chi connectivity index (χ0) is 18.1. The van der Waals surface area contributed by atoms with Crippen LogP contribution >= 0.6 is 0 Å². The maximum absolute atomic E-state index is 12.5. The molecule has 0 radical (unpaired) electrons. The van der Waals surface area contributed by atoms with Crippen LogP contribution in [-0.4, -0.2) is 31.9 Å². The Morgan fingerprint density at radius 2 is 2.12 bits per heavy atom. The van der Waals surface area contributed by atoms with Crippen LogP contribution in [0.15, 0.2) is 24.4 Å². The van der Waals surface area contributed by atoms with Crippen LogP contribution in [-0.2, 0) is 29.3 Å². The SMILES string of the molecule is Cc1cccc(COCc2cnc3n2CCN(C(=O)CC2CC2)[C@H]3C)n1. The summed E-state index contributed by atoms with van der Waals surface area (Å²) in [4.78, 5) is 23.5. The lowest BCUT2D eigenvalue weighted by atomic mass is 10.1. The van der Waals surface area contributed by atoms with Gasteiger partial charge < -0.3 is 14.2 Å². The summed E-state index contributed by atoms with van der Waals surface area (Å²) < 4.78 is 8.06. The van der Waals surface area contributed by atoms with Crippen LogP contribution < -0.4 is 0 Å². The molecule has 1 saturated carbocycles. The first-order chi connectivity index (χ1) is 12.6. The zero-order valence-electron chi connectivity index (χ0n) is 15.5. The van der Waals surface area contributed by atoms with E-state index in [4.69, 9.17) is 4.74 Å². The summed E-state index contributed by atoms with van der Waals surface area (Å²) in [6, 6.07) is 5.98. The Morgan fingerprint density at radius 3 is 2.88 bits per heavy atom.